The second kappa shape index (κ2) is 7.23. The average molecular weight is 450 g/mol. The highest BCUT2D eigenvalue weighted by Crippen LogP contribution is 2.35. The molecule has 1 aromatic carbocycles. The molecule has 0 unspecified atom stereocenters. The van der Waals surface area contributed by atoms with E-state index in [1.54, 1.807) is 0 Å². The van der Waals surface area contributed by atoms with Crippen molar-refractivity contribution in [1.29, 1.82) is 0 Å². The van der Waals surface area contributed by atoms with Crippen molar-refractivity contribution in [3.63, 3.8) is 0 Å². The first-order valence-corrected chi connectivity index (χ1v) is 8.79. The van der Waals surface area contributed by atoms with Gasteiger partial charge in [-0.3, -0.25) is 0 Å². The predicted molar refractivity (Wildman–Crippen MR) is 79.7 cm³/mol. The van der Waals surface area contributed by atoms with Crippen molar-refractivity contribution in [2.45, 2.75) is 11.1 Å². The van der Waals surface area contributed by atoms with Gasteiger partial charge in [0.2, 0.25) is 10.0 Å². The molecular formula is C10H8BrCl3F3NO2S. The maximum absolute atomic E-state index is 12.5. The lowest BCUT2D eigenvalue weighted by molar-refractivity contribution is -0.135. The largest absolute Gasteiger partial charge is 0.402 e. The van der Waals surface area contributed by atoms with Crippen LogP contribution in [0.1, 0.15) is 0 Å². The minimum atomic E-state index is -4.71. The monoisotopic (exact) mass is 447 g/mol. The summed E-state index contributed by atoms with van der Waals surface area (Å²) in [7, 11) is -4.53. The van der Waals surface area contributed by atoms with Crippen LogP contribution in [0.2, 0.25) is 10.0 Å². The summed E-state index contributed by atoms with van der Waals surface area (Å²) in [5.74, 6) is -0.304. The van der Waals surface area contributed by atoms with Gasteiger partial charge in [-0.25, -0.2) is 8.42 Å². The van der Waals surface area contributed by atoms with Gasteiger partial charge in [-0.15, -0.1) is 11.6 Å². The van der Waals surface area contributed by atoms with Crippen LogP contribution in [0.3, 0.4) is 0 Å². The first-order chi connectivity index (χ1) is 9.49. The Hall–Kier alpha value is 0.270. The number of sulfonamides is 1. The molecule has 0 atom stereocenters. The molecule has 0 heterocycles. The van der Waals surface area contributed by atoms with Crippen molar-refractivity contribution in [1.82, 2.24) is 4.31 Å². The van der Waals surface area contributed by atoms with Crippen LogP contribution >= 0.6 is 50.7 Å². The molecule has 0 aliphatic heterocycles. The second-order valence-corrected chi connectivity index (χ2v) is 7.82. The predicted octanol–water partition coefficient (Wildman–Crippen LogP) is 4.55. The molecule has 0 aliphatic rings. The Morgan fingerprint density at radius 2 is 1.67 bits per heavy atom. The van der Waals surface area contributed by atoms with Crippen LogP contribution in [0, 0.1) is 0 Å². The van der Waals surface area contributed by atoms with Gasteiger partial charge in [-0.05, 0) is 12.1 Å². The summed E-state index contributed by atoms with van der Waals surface area (Å²) in [5, 5.41) is -0.563. The fourth-order valence-electron chi connectivity index (χ4n) is 1.48. The van der Waals surface area contributed by atoms with Gasteiger partial charge in [0.05, 0.1) is 10.0 Å². The fraction of sp³-hybridized carbons (Fsp3) is 0.400. The molecule has 1 rings (SSSR count). The molecule has 11 heteroatoms. The Morgan fingerprint density at radius 1 is 1.19 bits per heavy atom. The molecular weight excluding hydrogens is 441 g/mol. The van der Waals surface area contributed by atoms with Gasteiger partial charge in [0, 0.05) is 16.9 Å². The number of halogens is 7. The van der Waals surface area contributed by atoms with E-state index in [4.69, 9.17) is 34.8 Å². The van der Waals surface area contributed by atoms with Gasteiger partial charge in [0.1, 0.15) is 11.4 Å². The number of nitrogens with zero attached hydrogens (tertiary/aromatic N) is 1. The lowest BCUT2D eigenvalue weighted by Gasteiger charge is -2.23. The van der Waals surface area contributed by atoms with E-state index < -0.39 is 34.2 Å². The SMILES string of the molecule is O=S(=O)(c1c(Cl)cc(Br)cc1Cl)N(CCCl)CC(F)(F)F. The Labute approximate surface area is 143 Å². The van der Waals surface area contributed by atoms with Crippen molar-refractivity contribution >= 4 is 60.8 Å². The minimum Gasteiger partial charge on any atom is -0.207 e. The third-order valence-electron chi connectivity index (χ3n) is 2.25. The number of hydrogen-bond acceptors (Lipinski definition) is 2. The van der Waals surface area contributed by atoms with Gasteiger partial charge >= 0.3 is 6.18 Å². The Bertz CT molecular complexity index is 601. The van der Waals surface area contributed by atoms with E-state index in [1.165, 1.54) is 12.1 Å². The van der Waals surface area contributed by atoms with E-state index in [9.17, 15) is 21.6 Å². The zero-order chi connectivity index (χ0) is 16.4. The lowest BCUT2D eigenvalue weighted by Crippen LogP contribution is -2.40. The highest BCUT2D eigenvalue weighted by Gasteiger charge is 2.38. The molecule has 0 aliphatic carbocycles. The lowest BCUT2D eigenvalue weighted by atomic mass is 10.4. The molecule has 1 aromatic rings. The number of hydrogen-bond donors (Lipinski definition) is 0. The third-order valence-corrected chi connectivity index (χ3v) is 5.64. The molecule has 120 valence electrons. The minimum absolute atomic E-state index is 0.195. The van der Waals surface area contributed by atoms with E-state index in [2.05, 4.69) is 15.9 Å². The van der Waals surface area contributed by atoms with E-state index >= 15 is 0 Å². The summed E-state index contributed by atoms with van der Waals surface area (Å²) in [5.41, 5.74) is 0. The van der Waals surface area contributed by atoms with Gasteiger partial charge in [-0.2, -0.15) is 17.5 Å². The summed E-state index contributed by atoms with van der Waals surface area (Å²) < 4.78 is 62.8. The third kappa shape index (κ3) is 5.14. The van der Waals surface area contributed by atoms with Crippen molar-refractivity contribution in [2.24, 2.45) is 0 Å². The van der Waals surface area contributed by atoms with Crippen molar-refractivity contribution < 1.29 is 21.6 Å². The molecule has 0 saturated heterocycles. The summed E-state index contributed by atoms with van der Waals surface area (Å²) in [4.78, 5) is -0.580. The molecule has 0 amide bonds. The van der Waals surface area contributed by atoms with Crippen molar-refractivity contribution in [3.05, 3.63) is 26.7 Å². The van der Waals surface area contributed by atoms with E-state index in [-0.39, 0.29) is 20.2 Å². The van der Waals surface area contributed by atoms with E-state index in [1.807, 2.05) is 0 Å². The molecule has 21 heavy (non-hydrogen) atoms. The summed E-state index contributed by atoms with van der Waals surface area (Å²) >= 11 is 20.0. The molecule has 0 N–H and O–H groups in total. The Kier molecular flexibility index (Phi) is 6.65. The van der Waals surface area contributed by atoms with Crippen LogP contribution in [0.25, 0.3) is 0 Å². The zero-order valence-corrected chi connectivity index (χ0v) is 14.8. The van der Waals surface area contributed by atoms with Gasteiger partial charge in [-0.1, -0.05) is 39.1 Å². The smallest absolute Gasteiger partial charge is 0.207 e. The normalized spacial score (nSPS) is 13.0. The van der Waals surface area contributed by atoms with Crippen LogP contribution in [0.15, 0.2) is 21.5 Å². The maximum Gasteiger partial charge on any atom is 0.402 e. The first kappa shape index (κ1) is 19.3. The van der Waals surface area contributed by atoms with Crippen LogP contribution < -0.4 is 0 Å². The molecule has 0 fully saturated rings. The Morgan fingerprint density at radius 3 is 2.05 bits per heavy atom. The van der Waals surface area contributed by atoms with Gasteiger partial charge in [0.25, 0.3) is 0 Å². The quantitative estimate of drug-likeness (QED) is 0.619. The first-order valence-electron chi connectivity index (χ1n) is 5.26. The van der Waals surface area contributed by atoms with Crippen LogP contribution in [-0.4, -0.2) is 37.9 Å². The van der Waals surface area contributed by atoms with Crippen LogP contribution in [-0.2, 0) is 10.0 Å². The highest BCUT2D eigenvalue weighted by atomic mass is 79.9. The molecule has 0 spiro atoms. The summed E-state index contributed by atoms with van der Waals surface area (Å²) in [6.07, 6.45) is -4.71. The Balaban J connectivity index is 3.36. The average Bonchev–Trinajstić information content (AvgIpc) is 2.24. The standard InChI is InChI=1S/C10H8BrCl3F3NO2S/c11-6-3-7(13)9(8(14)4-6)21(19,20)18(2-1-12)5-10(15,16)17/h3-4H,1-2,5H2. The van der Waals surface area contributed by atoms with Gasteiger partial charge in [0.15, 0.2) is 0 Å². The molecule has 0 bridgehead atoms. The van der Waals surface area contributed by atoms with Crippen molar-refractivity contribution in [2.75, 3.05) is 19.0 Å². The molecule has 0 saturated carbocycles. The molecule has 3 nitrogen and oxygen atoms in total. The van der Waals surface area contributed by atoms with Crippen LogP contribution in [0.4, 0.5) is 13.2 Å². The van der Waals surface area contributed by atoms with E-state index in [0.717, 1.165) is 0 Å². The number of benzene rings is 1. The number of alkyl halides is 4. The molecule has 0 aromatic heterocycles. The zero-order valence-electron chi connectivity index (χ0n) is 10.1. The summed E-state index contributed by atoms with van der Waals surface area (Å²) in [6.45, 7) is -2.20. The maximum atomic E-state index is 12.5. The second-order valence-electron chi connectivity index (χ2n) is 3.84. The number of rotatable bonds is 5. The van der Waals surface area contributed by atoms with Gasteiger partial charge < -0.3 is 0 Å². The molecule has 0 radical (unpaired) electrons. The highest BCUT2D eigenvalue weighted by molar-refractivity contribution is 9.10. The van der Waals surface area contributed by atoms with E-state index in [0.29, 0.717) is 4.47 Å². The fourth-order valence-corrected chi connectivity index (χ4v) is 5.10. The van der Waals surface area contributed by atoms with Crippen LogP contribution in [0.5, 0.6) is 0 Å². The van der Waals surface area contributed by atoms with Crippen molar-refractivity contribution in [3.8, 4) is 0 Å². The topological polar surface area (TPSA) is 37.4 Å². The summed E-state index contributed by atoms with van der Waals surface area (Å²) in [6, 6.07) is 2.46.